The van der Waals surface area contributed by atoms with E-state index in [0.717, 1.165) is 12.5 Å². The molecule has 2 aromatic carbocycles. The lowest BCUT2D eigenvalue weighted by molar-refractivity contribution is -0.119. The van der Waals surface area contributed by atoms with Gasteiger partial charge in [-0.05, 0) is 48.2 Å². The van der Waals surface area contributed by atoms with E-state index in [1.165, 1.54) is 17.1 Å². The van der Waals surface area contributed by atoms with Crippen LogP contribution in [0.1, 0.15) is 45.7 Å². The summed E-state index contributed by atoms with van der Waals surface area (Å²) in [4.78, 5) is 13.2. The molecule has 0 fully saturated rings. The molecular weight excluding hydrogens is 400 g/mol. The highest BCUT2D eigenvalue weighted by Crippen LogP contribution is 2.37. The van der Waals surface area contributed by atoms with Gasteiger partial charge in [-0.15, -0.1) is 0 Å². The van der Waals surface area contributed by atoms with Crippen LogP contribution < -0.4 is 15.1 Å². The fourth-order valence-corrected chi connectivity index (χ4v) is 3.56. The zero-order chi connectivity index (χ0) is 23.0. The quantitative estimate of drug-likeness (QED) is 0.655. The minimum atomic E-state index is -2.92. The van der Waals surface area contributed by atoms with Gasteiger partial charge in [-0.2, -0.15) is 10.1 Å². The number of methoxy groups -OCH3 is 1. The first-order valence-corrected chi connectivity index (χ1v) is 10.2. The van der Waals surface area contributed by atoms with E-state index in [4.69, 9.17) is 4.74 Å². The van der Waals surface area contributed by atoms with E-state index in [2.05, 4.69) is 31.2 Å². The molecule has 1 aliphatic heterocycles. The van der Waals surface area contributed by atoms with E-state index in [-0.39, 0.29) is 23.4 Å². The molecule has 5 nitrogen and oxygen atoms in total. The molecule has 1 heterocycles. The van der Waals surface area contributed by atoms with Crippen LogP contribution in [0.3, 0.4) is 0 Å². The molecule has 7 heteroatoms. The first-order valence-electron chi connectivity index (χ1n) is 10.2. The van der Waals surface area contributed by atoms with Crippen LogP contribution in [-0.4, -0.2) is 25.3 Å². The second-order valence-electron chi connectivity index (χ2n) is 8.93. The lowest BCUT2D eigenvalue weighted by Crippen LogP contribution is -2.33. The first-order chi connectivity index (χ1) is 14.4. The molecule has 3 rings (SSSR count). The number of carbonyl (C=O) groups is 1. The molecule has 0 saturated heterocycles. The van der Waals surface area contributed by atoms with Crippen LogP contribution in [0.5, 0.6) is 5.75 Å². The van der Waals surface area contributed by atoms with Gasteiger partial charge in [0.15, 0.2) is 0 Å². The molecule has 0 saturated carbocycles. The van der Waals surface area contributed by atoms with Crippen molar-refractivity contribution in [1.82, 2.24) is 0 Å². The summed E-state index contributed by atoms with van der Waals surface area (Å²) in [7, 11) is 1.61. The summed E-state index contributed by atoms with van der Waals surface area (Å²) >= 11 is 0. The van der Waals surface area contributed by atoms with Gasteiger partial charge in [-0.3, -0.25) is 4.79 Å². The third kappa shape index (κ3) is 4.86. The number of nitrogens with zero attached hydrogens (tertiary/aromatic N) is 2. The van der Waals surface area contributed by atoms with Crippen molar-refractivity contribution in [2.45, 2.75) is 46.0 Å². The number of nitrogens with one attached hydrogen (secondary N) is 1. The minimum Gasteiger partial charge on any atom is -0.497 e. The van der Waals surface area contributed by atoms with Crippen LogP contribution in [0.2, 0.25) is 0 Å². The average Bonchev–Trinajstić information content (AvgIpc) is 2.98. The number of hydrazone groups is 1. The fraction of sp³-hybridized carbons (Fsp3) is 0.417. The van der Waals surface area contributed by atoms with E-state index in [0.29, 0.717) is 22.8 Å². The van der Waals surface area contributed by atoms with Crippen LogP contribution in [0, 0.1) is 5.92 Å². The number of amides is 1. The zero-order valence-electron chi connectivity index (χ0n) is 18.8. The summed E-state index contributed by atoms with van der Waals surface area (Å²) in [5, 5.41) is 9.08. The van der Waals surface area contributed by atoms with Gasteiger partial charge in [0.25, 0.3) is 11.8 Å². The average molecular weight is 430 g/mol. The van der Waals surface area contributed by atoms with Crippen LogP contribution in [0.15, 0.2) is 47.6 Å². The Morgan fingerprint density at radius 1 is 1.13 bits per heavy atom. The van der Waals surface area contributed by atoms with Crippen molar-refractivity contribution in [3.63, 3.8) is 0 Å². The number of anilines is 2. The highest BCUT2D eigenvalue weighted by molar-refractivity contribution is 6.15. The van der Waals surface area contributed by atoms with Crippen molar-refractivity contribution in [1.29, 1.82) is 0 Å². The van der Waals surface area contributed by atoms with Gasteiger partial charge >= 0.3 is 0 Å². The second-order valence-corrected chi connectivity index (χ2v) is 8.93. The Balaban J connectivity index is 1.82. The zero-order valence-corrected chi connectivity index (χ0v) is 18.8. The number of alkyl halides is 2. The predicted molar refractivity (Wildman–Crippen MR) is 120 cm³/mol. The monoisotopic (exact) mass is 429 g/mol. The fourth-order valence-electron chi connectivity index (χ4n) is 3.56. The van der Waals surface area contributed by atoms with Crippen LogP contribution >= 0.6 is 0 Å². The molecule has 31 heavy (non-hydrogen) atoms. The topological polar surface area (TPSA) is 53.9 Å². The summed E-state index contributed by atoms with van der Waals surface area (Å²) in [6.45, 7) is 9.14. The molecule has 1 unspecified atom stereocenters. The maximum absolute atomic E-state index is 13.6. The Morgan fingerprint density at radius 2 is 1.84 bits per heavy atom. The third-order valence-corrected chi connectivity index (χ3v) is 5.39. The van der Waals surface area contributed by atoms with Gasteiger partial charge in [0.05, 0.1) is 24.4 Å². The smallest absolute Gasteiger partial charge is 0.270 e. The maximum Gasteiger partial charge on any atom is 0.270 e. The van der Waals surface area contributed by atoms with Gasteiger partial charge < -0.3 is 10.1 Å². The molecule has 1 atom stereocenters. The lowest BCUT2D eigenvalue weighted by atomic mass is 9.85. The maximum atomic E-state index is 13.6. The SMILES string of the molecule is COc1ccc(N2N=C(C)C(CNc3cccc(C(C)(F)F)c3)C2=O)c(C(C)(C)C)c1. The molecule has 0 aliphatic carbocycles. The van der Waals surface area contributed by atoms with Crippen molar-refractivity contribution in [3.8, 4) is 5.75 Å². The van der Waals surface area contributed by atoms with Crippen molar-refractivity contribution >= 4 is 23.0 Å². The van der Waals surface area contributed by atoms with Gasteiger partial charge in [0.1, 0.15) is 5.75 Å². The number of rotatable bonds is 6. The number of hydrogen-bond acceptors (Lipinski definition) is 4. The number of ether oxygens (including phenoxy) is 1. The van der Waals surface area contributed by atoms with Crippen molar-refractivity contribution in [2.75, 3.05) is 24.0 Å². The summed E-state index contributed by atoms with van der Waals surface area (Å²) in [6, 6.07) is 11.7. The summed E-state index contributed by atoms with van der Waals surface area (Å²) in [6.07, 6.45) is 0. The summed E-state index contributed by atoms with van der Waals surface area (Å²) in [5.74, 6) is -2.85. The molecule has 0 spiro atoms. The Labute approximate surface area is 182 Å². The van der Waals surface area contributed by atoms with E-state index in [9.17, 15) is 13.6 Å². The molecule has 166 valence electrons. The predicted octanol–water partition coefficient (Wildman–Crippen LogP) is 5.56. The van der Waals surface area contributed by atoms with Crippen molar-refractivity contribution < 1.29 is 18.3 Å². The van der Waals surface area contributed by atoms with Gasteiger partial charge in [-0.25, -0.2) is 8.78 Å². The second kappa shape index (κ2) is 8.29. The first kappa shape index (κ1) is 22.7. The van der Waals surface area contributed by atoms with Gasteiger partial charge in [0, 0.05) is 24.7 Å². The van der Waals surface area contributed by atoms with Gasteiger partial charge in [-0.1, -0.05) is 32.9 Å². The number of carbonyl (C=O) groups excluding carboxylic acids is 1. The Morgan fingerprint density at radius 3 is 2.45 bits per heavy atom. The Bertz CT molecular complexity index is 1010. The van der Waals surface area contributed by atoms with E-state index < -0.39 is 11.8 Å². The molecular formula is C24H29F2N3O2. The minimum absolute atomic E-state index is 0.0738. The van der Waals surface area contributed by atoms with Crippen LogP contribution in [0.4, 0.5) is 20.2 Å². The van der Waals surface area contributed by atoms with Crippen LogP contribution in [-0.2, 0) is 16.1 Å². The standard InChI is InChI=1S/C24H29F2N3O2/c1-15-19(14-27-17-9-7-8-16(12-17)24(5,25)26)22(30)29(28-15)21-11-10-18(31-6)13-20(21)23(2,3)4/h7-13,19,27H,14H2,1-6H3. The van der Waals surface area contributed by atoms with Crippen molar-refractivity contribution in [3.05, 3.63) is 53.6 Å². The largest absolute Gasteiger partial charge is 0.497 e. The van der Waals surface area contributed by atoms with E-state index in [1.54, 1.807) is 26.2 Å². The molecule has 0 aromatic heterocycles. The lowest BCUT2D eigenvalue weighted by Gasteiger charge is -2.26. The van der Waals surface area contributed by atoms with E-state index >= 15 is 0 Å². The highest BCUT2D eigenvalue weighted by Gasteiger charge is 2.36. The molecule has 1 aliphatic rings. The van der Waals surface area contributed by atoms with Crippen molar-refractivity contribution in [2.24, 2.45) is 11.0 Å². The molecule has 1 amide bonds. The third-order valence-electron chi connectivity index (χ3n) is 5.39. The molecule has 2 aromatic rings. The molecule has 0 radical (unpaired) electrons. The summed E-state index contributed by atoms with van der Waals surface area (Å²) < 4.78 is 32.6. The molecule has 0 bridgehead atoms. The Kier molecular flexibility index (Phi) is 6.07. The normalized spacial score (nSPS) is 17.0. The Hall–Kier alpha value is -2.96. The van der Waals surface area contributed by atoms with E-state index in [1.807, 2.05) is 18.2 Å². The highest BCUT2D eigenvalue weighted by atomic mass is 19.3. The number of hydrogen-bond donors (Lipinski definition) is 1. The van der Waals surface area contributed by atoms with Crippen LogP contribution in [0.25, 0.3) is 0 Å². The molecule has 1 N–H and O–H groups in total. The van der Waals surface area contributed by atoms with Gasteiger partial charge in [0.2, 0.25) is 0 Å². The summed E-state index contributed by atoms with van der Waals surface area (Å²) in [5.41, 5.74) is 2.57. The number of halogens is 2. The number of benzene rings is 2.